The molecule has 0 saturated carbocycles. The Balaban J connectivity index is 1.79. The van der Waals surface area contributed by atoms with E-state index in [9.17, 15) is 4.79 Å². The Morgan fingerprint density at radius 2 is 2.00 bits per heavy atom. The molecule has 0 aliphatic rings. The molecule has 1 N–H and O–H groups in total. The largest absolute Gasteiger partial charge is 0.497 e. The van der Waals surface area contributed by atoms with E-state index >= 15 is 0 Å². The Kier molecular flexibility index (Phi) is 4.25. The summed E-state index contributed by atoms with van der Waals surface area (Å²) < 4.78 is 10.5. The van der Waals surface area contributed by atoms with Crippen LogP contribution in [0, 0.1) is 0 Å². The molecule has 0 aliphatic heterocycles. The second-order valence-electron chi connectivity index (χ2n) is 4.61. The molecule has 116 valence electrons. The van der Waals surface area contributed by atoms with Crippen LogP contribution in [0.5, 0.6) is 5.75 Å². The highest BCUT2D eigenvalue weighted by Gasteiger charge is 2.16. The van der Waals surface area contributed by atoms with E-state index in [1.807, 2.05) is 0 Å². The Morgan fingerprint density at radius 3 is 2.78 bits per heavy atom. The molecule has 0 radical (unpaired) electrons. The van der Waals surface area contributed by atoms with Crippen molar-refractivity contribution in [3.63, 3.8) is 0 Å². The van der Waals surface area contributed by atoms with Crippen molar-refractivity contribution in [3.05, 3.63) is 59.4 Å². The average molecular weight is 330 g/mol. The van der Waals surface area contributed by atoms with E-state index in [0.29, 0.717) is 22.0 Å². The molecular weight excluding hydrogens is 318 g/mol. The molecule has 0 fully saturated rings. The number of halogens is 1. The number of aromatic nitrogens is 2. The fourth-order valence-electron chi connectivity index (χ4n) is 1.94. The third-order valence-electron chi connectivity index (χ3n) is 3.02. The number of benzene rings is 2. The third-order valence-corrected chi connectivity index (χ3v) is 3.25. The number of nitrogens with one attached hydrogen (secondary N) is 1. The van der Waals surface area contributed by atoms with Gasteiger partial charge in [0.15, 0.2) is 0 Å². The maximum absolute atomic E-state index is 12.1. The van der Waals surface area contributed by atoms with E-state index in [-0.39, 0.29) is 11.8 Å². The first-order chi connectivity index (χ1) is 11.2. The van der Waals surface area contributed by atoms with Gasteiger partial charge in [-0.2, -0.15) is 0 Å². The van der Waals surface area contributed by atoms with Crippen molar-refractivity contribution < 1.29 is 13.9 Å². The lowest BCUT2D eigenvalue weighted by atomic mass is 10.2. The maximum Gasteiger partial charge on any atom is 0.313 e. The van der Waals surface area contributed by atoms with Crippen molar-refractivity contribution in [1.82, 2.24) is 10.2 Å². The lowest BCUT2D eigenvalue weighted by molar-refractivity contribution is 0.0991. The molecule has 1 aromatic heterocycles. The molecule has 23 heavy (non-hydrogen) atoms. The van der Waals surface area contributed by atoms with Gasteiger partial charge in [0.25, 0.3) is 0 Å². The summed E-state index contributed by atoms with van der Waals surface area (Å²) >= 11 is 5.87. The number of methoxy groups -OCH3 is 1. The SMILES string of the molecule is COc1cccc(-c2nnc(C(=O)Nc3cccc(Cl)c3)o2)c1. The highest BCUT2D eigenvalue weighted by Crippen LogP contribution is 2.23. The average Bonchev–Trinajstić information content (AvgIpc) is 3.05. The third kappa shape index (κ3) is 3.49. The summed E-state index contributed by atoms with van der Waals surface area (Å²) in [6, 6.07) is 13.9. The van der Waals surface area contributed by atoms with Gasteiger partial charge in [0, 0.05) is 16.3 Å². The monoisotopic (exact) mass is 329 g/mol. The van der Waals surface area contributed by atoms with Gasteiger partial charge in [-0.15, -0.1) is 10.2 Å². The molecule has 0 atom stereocenters. The molecule has 7 heteroatoms. The highest BCUT2D eigenvalue weighted by atomic mass is 35.5. The van der Waals surface area contributed by atoms with Crippen LogP contribution in [0.3, 0.4) is 0 Å². The molecule has 3 aromatic rings. The van der Waals surface area contributed by atoms with Crippen molar-refractivity contribution in [2.45, 2.75) is 0 Å². The van der Waals surface area contributed by atoms with Crippen LogP contribution in [0.4, 0.5) is 5.69 Å². The summed E-state index contributed by atoms with van der Waals surface area (Å²) in [4.78, 5) is 12.1. The predicted molar refractivity (Wildman–Crippen MR) is 85.7 cm³/mol. The van der Waals surface area contributed by atoms with Crippen LogP contribution < -0.4 is 10.1 Å². The van der Waals surface area contributed by atoms with Crippen molar-refractivity contribution in [3.8, 4) is 17.2 Å². The van der Waals surface area contributed by atoms with E-state index in [0.717, 1.165) is 0 Å². The number of nitrogens with zero attached hydrogens (tertiary/aromatic N) is 2. The number of carbonyl (C=O) groups is 1. The minimum atomic E-state index is -0.506. The van der Waals surface area contributed by atoms with Crippen LogP contribution in [-0.2, 0) is 0 Å². The number of rotatable bonds is 4. The van der Waals surface area contributed by atoms with Gasteiger partial charge in [-0.25, -0.2) is 0 Å². The Morgan fingerprint density at radius 1 is 1.17 bits per heavy atom. The molecule has 2 aromatic carbocycles. The molecule has 3 rings (SSSR count). The summed E-state index contributed by atoms with van der Waals surface area (Å²) in [5.41, 5.74) is 1.21. The molecule has 1 heterocycles. The first-order valence-corrected chi connectivity index (χ1v) is 7.08. The van der Waals surface area contributed by atoms with Gasteiger partial charge >= 0.3 is 11.8 Å². The summed E-state index contributed by atoms with van der Waals surface area (Å²) in [5.74, 6) is 0.252. The van der Waals surface area contributed by atoms with Crippen molar-refractivity contribution >= 4 is 23.2 Å². The zero-order chi connectivity index (χ0) is 16.2. The van der Waals surface area contributed by atoms with Crippen molar-refractivity contribution in [1.29, 1.82) is 0 Å². The fraction of sp³-hybridized carbons (Fsp3) is 0.0625. The number of amides is 1. The molecule has 0 spiro atoms. The molecule has 1 amide bonds. The van der Waals surface area contributed by atoms with E-state index in [2.05, 4.69) is 15.5 Å². The first-order valence-electron chi connectivity index (χ1n) is 6.70. The van der Waals surface area contributed by atoms with Crippen LogP contribution in [0.2, 0.25) is 5.02 Å². The van der Waals surface area contributed by atoms with E-state index in [4.69, 9.17) is 20.8 Å². The molecule has 0 saturated heterocycles. The molecule has 0 aliphatic carbocycles. The highest BCUT2D eigenvalue weighted by molar-refractivity contribution is 6.30. The second kappa shape index (κ2) is 6.50. The lowest BCUT2D eigenvalue weighted by Crippen LogP contribution is -2.12. The molecule has 0 bridgehead atoms. The zero-order valence-corrected chi connectivity index (χ0v) is 12.9. The van der Waals surface area contributed by atoms with Crippen LogP contribution in [0.15, 0.2) is 52.9 Å². The minimum absolute atomic E-state index is 0.136. The summed E-state index contributed by atoms with van der Waals surface area (Å²) in [6.45, 7) is 0. The standard InChI is InChI=1S/C16H12ClN3O3/c1-22-13-7-2-4-10(8-13)15-19-20-16(23-15)14(21)18-12-6-3-5-11(17)9-12/h2-9H,1H3,(H,18,21). The normalized spacial score (nSPS) is 10.3. The van der Waals surface area contributed by atoms with E-state index in [1.165, 1.54) is 0 Å². The number of hydrogen-bond acceptors (Lipinski definition) is 5. The number of carbonyl (C=O) groups excluding carboxylic acids is 1. The van der Waals surface area contributed by atoms with Crippen LogP contribution in [-0.4, -0.2) is 23.2 Å². The molecule has 6 nitrogen and oxygen atoms in total. The summed E-state index contributed by atoms with van der Waals surface area (Å²) in [6.07, 6.45) is 0. The smallest absolute Gasteiger partial charge is 0.313 e. The maximum atomic E-state index is 12.1. The van der Waals surface area contributed by atoms with E-state index < -0.39 is 5.91 Å². The number of anilines is 1. The zero-order valence-electron chi connectivity index (χ0n) is 12.1. The Bertz CT molecular complexity index is 848. The van der Waals surface area contributed by atoms with Crippen molar-refractivity contribution in [2.24, 2.45) is 0 Å². The molecular formula is C16H12ClN3O3. The van der Waals surface area contributed by atoms with Gasteiger partial charge in [0.05, 0.1) is 7.11 Å². The fourth-order valence-corrected chi connectivity index (χ4v) is 2.13. The Hall–Kier alpha value is -2.86. The minimum Gasteiger partial charge on any atom is -0.497 e. The van der Waals surface area contributed by atoms with Gasteiger partial charge in [-0.1, -0.05) is 23.7 Å². The van der Waals surface area contributed by atoms with E-state index in [1.54, 1.807) is 55.6 Å². The van der Waals surface area contributed by atoms with Gasteiger partial charge in [-0.3, -0.25) is 4.79 Å². The quantitative estimate of drug-likeness (QED) is 0.790. The summed E-state index contributed by atoms with van der Waals surface area (Å²) in [5, 5.41) is 10.8. The van der Waals surface area contributed by atoms with Crippen LogP contribution in [0.1, 0.15) is 10.7 Å². The van der Waals surface area contributed by atoms with Gasteiger partial charge in [0.2, 0.25) is 5.89 Å². The second-order valence-corrected chi connectivity index (χ2v) is 5.05. The van der Waals surface area contributed by atoms with Crippen LogP contribution in [0.25, 0.3) is 11.5 Å². The lowest BCUT2D eigenvalue weighted by Gasteiger charge is -2.02. The first kappa shape index (κ1) is 15.1. The topological polar surface area (TPSA) is 77.2 Å². The van der Waals surface area contributed by atoms with Crippen LogP contribution >= 0.6 is 11.6 Å². The molecule has 0 unspecified atom stereocenters. The summed E-state index contributed by atoms with van der Waals surface area (Å²) in [7, 11) is 1.57. The Labute approximate surface area is 137 Å². The van der Waals surface area contributed by atoms with Gasteiger partial charge < -0.3 is 14.5 Å². The number of hydrogen-bond donors (Lipinski definition) is 1. The van der Waals surface area contributed by atoms with Crippen molar-refractivity contribution in [2.75, 3.05) is 12.4 Å². The predicted octanol–water partition coefficient (Wildman–Crippen LogP) is 3.65. The van der Waals surface area contributed by atoms with Gasteiger partial charge in [-0.05, 0) is 36.4 Å². The van der Waals surface area contributed by atoms with Gasteiger partial charge in [0.1, 0.15) is 5.75 Å². The number of ether oxygens (including phenoxy) is 1.